The highest BCUT2D eigenvalue weighted by Gasteiger charge is 2.45. The molecule has 10 nitrogen and oxygen atoms in total. The maximum absolute atomic E-state index is 13.6. The third-order valence-corrected chi connectivity index (χ3v) is 8.23. The number of benzene rings is 2. The normalized spacial score (nSPS) is 27.0. The molecule has 5 rings (SSSR count). The quantitative estimate of drug-likeness (QED) is 0.471. The molecule has 2 aromatic carbocycles. The molecule has 4 N–H and O–H groups in total. The van der Waals surface area contributed by atoms with Crippen molar-refractivity contribution in [2.45, 2.75) is 57.2 Å². The van der Waals surface area contributed by atoms with Crippen LogP contribution in [0.1, 0.15) is 67.6 Å². The Bertz CT molecular complexity index is 1390. The molecule has 0 spiro atoms. The van der Waals surface area contributed by atoms with E-state index in [1.54, 1.807) is 32.2 Å². The van der Waals surface area contributed by atoms with E-state index in [-0.39, 0.29) is 49.9 Å². The molecule has 3 atom stereocenters. The number of ether oxygens (including phenoxy) is 3. The highest BCUT2D eigenvalue weighted by atomic mass is 16.5. The maximum atomic E-state index is 13.6. The second-order valence-electron chi connectivity index (χ2n) is 11.0. The zero-order valence-corrected chi connectivity index (χ0v) is 23.4. The molecule has 0 radical (unpaired) electrons. The molecule has 0 fully saturated rings. The van der Waals surface area contributed by atoms with Crippen LogP contribution >= 0.6 is 0 Å². The van der Waals surface area contributed by atoms with E-state index in [0.29, 0.717) is 46.7 Å². The fourth-order valence-electron chi connectivity index (χ4n) is 5.79. The molecule has 0 aromatic heterocycles. The molecule has 3 heterocycles. The van der Waals surface area contributed by atoms with Gasteiger partial charge in [0, 0.05) is 18.2 Å². The monoisotopic (exact) mass is 549 g/mol. The molecule has 10 heteroatoms. The van der Waals surface area contributed by atoms with Gasteiger partial charge in [-0.05, 0) is 44.0 Å². The fourth-order valence-corrected chi connectivity index (χ4v) is 5.79. The molecule has 0 saturated carbocycles. The number of nitrogens with one attached hydrogen (secondary N) is 1. The van der Waals surface area contributed by atoms with Crippen LogP contribution in [0.15, 0.2) is 47.5 Å². The number of aliphatic hydroxyl groups is 1. The van der Waals surface area contributed by atoms with Crippen LogP contribution in [-0.2, 0) is 9.53 Å². The van der Waals surface area contributed by atoms with Crippen molar-refractivity contribution in [3.8, 4) is 11.5 Å². The van der Waals surface area contributed by atoms with Gasteiger partial charge >= 0.3 is 5.96 Å². The van der Waals surface area contributed by atoms with Crippen LogP contribution in [0.25, 0.3) is 0 Å². The van der Waals surface area contributed by atoms with E-state index >= 15 is 0 Å². The van der Waals surface area contributed by atoms with Crippen LogP contribution in [0.3, 0.4) is 0 Å². The summed E-state index contributed by atoms with van der Waals surface area (Å²) in [6.07, 6.45) is 1.63. The minimum Gasteiger partial charge on any atom is -0.492 e. The minimum absolute atomic E-state index is 0.0380. The van der Waals surface area contributed by atoms with Crippen molar-refractivity contribution in [3.63, 3.8) is 0 Å². The van der Waals surface area contributed by atoms with Crippen molar-refractivity contribution >= 4 is 23.5 Å². The van der Waals surface area contributed by atoms with Crippen molar-refractivity contribution < 1.29 is 33.5 Å². The van der Waals surface area contributed by atoms with E-state index in [1.165, 1.54) is 4.58 Å². The highest BCUT2D eigenvalue weighted by Crippen LogP contribution is 2.38. The molecule has 3 aliphatic heterocycles. The van der Waals surface area contributed by atoms with E-state index in [9.17, 15) is 14.7 Å². The van der Waals surface area contributed by atoms with Crippen molar-refractivity contribution in [3.05, 3.63) is 59.2 Å². The number of carbonyl (C=O) groups excluding carboxylic acids is 2. The molecular weight excluding hydrogens is 512 g/mol. The second kappa shape index (κ2) is 10.7. The fraction of sp³-hybridized carbons (Fsp3) is 0.467. The molecule has 2 aromatic rings. The summed E-state index contributed by atoms with van der Waals surface area (Å²) in [5, 5.41) is 14.1. The Kier molecular flexibility index (Phi) is 7.41. The summed E-state index contributed by atoms with van der Waals surface area (Å²) in [6, 6.07) is 11.7. The van der Waals surface area contributed by atoms with Gasteiger partial charge < -0.3 is 24.6 Å². The Morgan fingerprint density at radius 2 is 1.95 bits per heavy atom. The Balaban J connectivity index is 1.57. The van der Waals surface area contributed by atoms with Gasteiger partial charge in [0.15, 0.2) is 0 Å². The Morgan fingerprint density at radius 3 is 2.65 bits per heavy atom. The smallest absolute Gasteiger partial charge is 0.392 e. The lowest BCUT2D eigenvalue weighted by molar-refractivity contribution is -0.351. The number of hydrogen-bond acceptors (Lipinski definition) is 8. The van der Waals surface area contributed by atoms with E-state index < -0.39 is 17.2 Å². The number of methoxy groups -OCH3 is 1. The molecule has 0 saturated heterocycles. The van der Waals surface area contributed by atoms with Gasteiger partial charge in [-0.3, -0.25) is 15.3 Å². The minimum atomic E-state index is -1.32. The predicted octanol–water partition coefficient (Wildman–Crippen LogP) is 2.56. The first-order valence-electron chi connectivity index (χ1n) is 13.7. The lowest BCUT2D eigenvalue weighted by Crippen LogP contribution is -2.51. The lowest BCUT2D eigenvalue weighted by atomic mass is 9.87. The summed E-state index contributed by atoms with van der Waals surface area (Å²) in [5.74, 6) is 0.432. The summed E-state index contributed by atoms with van der Waals surface area (Å²) in [5.41, 5.74) is 6.84. The number of aliphatic imine (C=N–C) groups is 1. The first-order chi connectivity index (χ1) is 19.1. The van der Waals surface area contributed by atoms with Gasteiger partial charge in [-0.25, -0.2) is 0 Å². The summed E-state index contributed by atoms with van der Waals surface area (Å²) in [4.78, 5) is 32.0. The molecule has 0 aliphatic carbocycles. The molecule has 0 unspecified atom stereocenters. The Labute approximate surface area is 233 Å². The van der Waals surface area contributed by atoms with Crippen LogP contribution in [0.4, 0.5) is 0 Å². The van der Waals surface area contributed by atoms with E-state index in [1.807, 2.05) is 38.1 Å². The van der Waals surface area contributed by atoms with Gasteiger partial charge in [-0.2, -0.15) is 4.58 Å². The van der Waals surface area contributed by atoms with Crippen molar-refractivity contribution in [2.24, 2.45) is 16.6 Å². The van der Waals surface area contributed by atoms with Gasteiger partial charge in [-0.1, -0.05) is 32.0 Å². The number of para-hydroxylation sites is 1. The first-order valence-corrected chi connectivity index (χ1v) is 13.7. The predicted molar refractivity (Wildman–Crippen MR) is 149 cm³/mol. The average molecular weight is 550 g/mol. The highest BCUT2D eigenvalue weighted by molar-refractivity contribution is 6.09. The molecule has 40 heavy (non-hydrogen) atoms. The molecule has 3 aliphatic rings. The van der Waals surface area contributed by atoms with Crippen molar-refractivity contribution in [1.82, 2.24) is 5.32 Å². The largest absolute Gasteiger partial charge is 0.492 e. The zero-order chi connectivity index (χ0) is 28.7. The number of rotatable bonds is 6. The van der Waals surface area contributed by atoms with Crippen LogP contribution in [0.2, 0.25) is 0 Å². The lowest BCUT2D eigenvalue weighted by Gasteiger charge is -2.38. The van der Waals surface area contributed by atoms with Gasteiger partial charge in [0.1, 0.15) is 41.6 Å². The van der Waals surface area contributed by atoms with Gasteiger partial charge in [0.25, 0.3) is 11.8 Å². The topological polar surface area (TPSA) is 135 Å². The Hall–Kier alpha value is -3.76. The number of nitrogens with two attached hydrogens (primary N) is 1. The number of hydrogen-bond donors (Lipinski definition) is 3. The third kappa shape index (κ3) is 4.86. The van der Waals surface area contributed by atoms with Gasteiger partial charge in [0.05, 0.1) is 30.6 Å². The van der Waals surface area contributed by atoms with Crippen molar-refractivity contribution in [2.75, 3.05) is 26.9 Å². The summed E-state index contributed by atoms with van der Waals surface area (Å²) in [7, 11) is 1.59. The molecule has 0 bridgehead atoms. The molecule has 212 valence electrons. The standard InChI is InChI=1S/C30H36N4O6/c1-5-30(6-2)14-24(35)34(28(31)33-30)25-19(15-38-4)16-39-23-12-11-18(13-21(23)25)27(36)32-26-20-9-7-8-10-22(20)40-17-29(26,3)37/h7-13,19,26,37H,5-6,14-17H2,1-4H3,(H2-,31,32,33,36)/p+1/b34-25+/t19-,26+,29+/m0/s1. The van der Waals surface area contributed by atoms with Gasteiger partial charge in [-0.15, -0.1) is 4.99 Å². The number of fused-ring (bicyclic) bond motifs is 2. The maximum Gasteiger partial charge on any atom is 0.392 e. The van der Waals surface area contributed by atoms with Gasteiger partial charge in [0.2, 0.25) is 0 Å². The van der Waals surface area contributed by atoms with Crippen molar-refractivity contribution in [1.29, 1.82) is 0 Å². The number of guanidine groups is 1. The molecule has 2 amide bonds. The number of amides is 2. The second-order valence-corrected chi connectivity index (χ2v) is 11.0. The SMILES string of the molecule is CCC1(CC)CC(=O)/[N+](=C2\c3cc(C(=O)N[C@@H]4c5ccccc5OC[C@@]4(C)O)ccc3OC[C@@H]2COC)C(N)=N1. The summed E-state index contributed by atoms with van der Waals surface area (Å²) in [6.45, 7) is 6.26. The third-order valence-electron chi connectivity index (χ3n) is 8.23. The van der Waals surface area contributed by atoms with E-state index in [0.717, 1.165) is 0 Å². The number of nitrogens with zero attached hydrogens (tertiary/aromatic N) is 2. The Morgan fingerprint density at radius 1 is 1.20 bits per heavy atom. The first kappa shape index (κ1) is 27.8. The summed E-state index contributed by atoms with van der Waals surface area (Å²) < 4.78 is 18.7. The van der Waals surface area contributed by atoms with Crippen LogP contribution in [0, 0.1) is 5.92 Å². The van der Waals surface area contributed by atoms with Crippen LogP contribution in [0.5, 0.6) is 11.5 Å². The van der Waals surface area contributed by atoms with Crippen LogP contribution < -0.4 is 20.5 Å². The van der Waals surface area contributed by atoms with E-state index in [4.69, 9.17) is 24.9 Å². The number of carbonyl (C=O) groups is 2. The van der Waals surface area contributed by atoms with Crippen LogP contribution in [-0.4, -0.2) is 71.2 Å². The molecular formula is C30H37N4O6+. The average Bonchev–Trinajstić information content (AvgIpc) is 2.94. The zero-order valence-electron chi connectivity index (χ0n) is 23.4. The summed E-state index contributed by atoms with van der Waals surface area (Å²) >= 11 is 0. The van der Waals surface area contributed by atoms with E-state index in [2.05, 4.69) is 5.32 Å².